The van der Waals surface area contributed by atoms with Crippen LogP contribution < -0.4 is 9.46 Å². The third-order valence-corrected chi connectivity index (χ3v) is 5.81. The zero-order valence-corrected chi connectivity index (χ0v) is 16.7. The first-order valence-corrected chi connectivity index (χ1v) is 10.3. The van der Waals surface area contributed by atoms with Gasteiger partial charge in [0.25, 0.3) is 0 Å². The molecule has 0 unspecified atom stereocenters. The summed E-state index contributed by atoms with van der Waals surface area (Å²) >= 11 is 11.8. The van der Waals surface area contributed by atoms with Crippen LogP contribution in [0.4, 0.5) is 0 Å². The van der Waals surface area contributed by atoms with E-state index in [1.165, 1.54) is 24.3 Å². The number of nitriles is 1. The average molecular weight is 433 g/mol. The summed E-state index contributed by atoms with van der Waals surface area (Å²) in [7, 11) is -3.69. The second-order valence-corrected chi connectivity index (χ2v) is 8.36. The van der Waals surface area contributed by atoms with Crippen molar-refractivity contribution in [1.82, 2.24) is 4.72 Å². The molecule has 3 aromatic carbocycles. The molecule has 0 atom stereocenters. The van der Waals surface area contributed by atoms with E-state index >= 15 is 0 Å². The molecule has 0 bridgehead atoms. The number of halogens is 2. The van der Waals surface area contributed by atoms with Gasteiger partial charge in [0.1, 0.15) is 23.1 Å². The molecule has 0 aliphatic rings. The van der Waals surface area contributed by atoms with Crippen LogP contribution in [-0.2, 0) is 16.6 Å². The maximum absolute atomic E-state index is 12.4. The van der Waals surface area contributed by atoms with Crippen molar-refractivity contribution in [3.05, 3.63) is 87.9 Å². The summed E-state index contributed by atoms with van der Waals surface area (Å²) in [4.78, 5) is 0.0976. The Morgan fingerprint density at radius 3 is 2.29 bits per heavy atom. The molecule has 0 spiro atoms. The summed E-state index contributed by atoms with van der Waals surface area (Å²) in [5, 5.41) is 10.1. The minimum atomic E-state index is -3.69. The number of nitrogens with zero attached hydrogens (tertiary/aromatic N) is 1. The highest BCUT2D eigenvalue weighted by atomic mass is 35.5. The van der Waals surface area contributed by atoms with Crippen molar-refractivity contribution < 1.29 is 13.2 Å². The van der Waals surface area contributed by atoms with Crippen LogP contribution in [0.25, 0.3) is 0 Å². The number of hydrogen-bond donors (Lipinski definition) is 1. The van der Waals surface area contributed by atoms with Crippen LogP contribution in [0.3, 0.4) is 0 Å². The number of ether oxygens (including phenoxy) is 1. The smallest absolute Gasteiger partial charge is 0.240 e. The molecular weight excluding hydrogens is 419 g/mol. The van der Waals surface area contributed by atoms with Gasteiger partial charge in [0.15, 0.2) is 0 Å². The SMILES string of the molecule is N#Cc1c(Cl)cccc1Oc1ccc(S(=O)(=O)NCc2ccc(Cl)cc2)cc1. The Hall–Kier alpha value is -2.56. The standard InChI is InChI=1S/C20H14Cl2N2O3S/c21-15-6-4-14(5-7-15)13-24-28(25,26)17-10-8-16(9-11-17)27-20-3-1-2-19(22)18(20)12-23/h1-11,24H,13H2. The zero-order chi connectivity index (χ0) is 20.1. The number of hydrogen-bond acceptors (Lipinski definition) is 4. The molecule has 0 aromatic heterocycles. The number of benzene rings is 3. The third-order valence-electron chi connectivity index (χ3n) is 3.83. The van der Waals surface area contributed by atoms with E-state index in [9.17, 15) is 13.7 Å². The second-order valence-electron chi connectivity index (χ2n) is 5.75. The van der Waals surface area contributed by atoms with Crippen molar-refractivity contribution in [2.75, 3.05) is 0 Å². The summed E-state index contributed by atoms with van der Waals surface area (Å²) in [5.74, 6) is 0.682. The Morgan fingerprint density at radius 1 is 0.964 bits per heavy atom. The quantitative estimate of drug-likeness (QED) is 0.584. The van der Waals surface area contributed by atoms with Crippen molar-refractivity contribution in [1.29, 1.82) is 5.26 Å². The van der Waals surface area contributed by atoms with Crippen molar-refractivity contribution >= 4 is 33.2 Å². The van der Waals surface area contributed by atoms with E-state index in [0.29, 0.717) is 16.5 Å². The molecule has 1 N–H and O–H groups in total. The summed E-state index contributed by atoms with van der Waals surface area (Å²) in [6.45, 7) is 0.145. The molecule has 0 radical (unpaired) electrons. The molecule has 8 heteroatoms. The van der Waals surface area contributed by atoms with Gasteiger partial charge in [-0.2, -0.15) is 5.26 Å². The Balaban J connectivity index is 1.72. The molecular formula is C20H14Cl2N2O3S. The van der Waals surface area contributed by atoms with Crippen LogP contribution in [0.15, 0.2) is 71.6 Å². The van der Waals surface area contributed by atoms with E-state index in [4.69, 9.17) is 27.9 Å². The first-order valence-electron chi connectivity index (χ1n) is 8.10. The van der Waals surface area contributed by atoms with Gasteiger partial charge in [-0.1, -0.05) is 41.4 Å². The molecule has 0 saturated carbocycles. The predicted molar refractivity (Wildman–Crippen MR) is 108 cm³/mol. The van der Waals surface area contributed by atoms with Gasteiger partial charge in [0.05, 0.1) is 9.92 Å². The molecule has 3 rings (SSSR count). The lowest BCUT2D eigenvalue weighted by Crippen LogP contribution is -2.23. The molecule has 0 fully saturated rings. The largest absolute Gasteiger partial charge is 0.456 e. The van der Waals surface area contributed by atoms with Crippen LogP contribution in [0, 0.1) is 11.3 Å². The van der Waals surface area contributed by atoms with Gasteiger partial charge in [-0.3, -0.25) is 0 Å². The fraction of sp³-hybridized carbons (Fsp3) is 0.0500. The van der Waals surface area contributed by atoms with Crippen LogP contribution >= 0.6 is 23.2 Å². The molecule has 0 aliphatic carbocycles. The van der Waals surface area contributed by atoms with Crippen molar-refractivity contribution in [2.24, 2.45) is 0 Å². The number of rotatable bonds is 6. The van der Waals surface area contributed by atoms with E-state index in [1.54, 1.807) is 42.5 Å². The highest BCUT2D eigenvalue weighted by molar-refractivity contribution is 7.89. The summed E-state index contributed by atoms with van der Waals surface area (Å²) in [5.41, 5.74) is 1.00. The van der Waals surface area contributed by atoms with Gasteiger partial charge in [-0.25, -0.2) is 13.1 Å². The molecule has 0 amide bonds. The van der Waals surface area contributed by atoms with Gasteiger partial charge in [-0.15, -0.1) is 0 Å². The lowest BCUT2D eigenvalue weighted by atomic mass is 10.2. The van der Waals surface area contributed by atoms with Crippen molar-refractivity contribution in [2.45, 2.75) is 11.4 Å². The Kier molecular flexibility index (Phi) is 6.22. The Labute approximate surface area is 173 Å². The molecule has 142 valence electrons. The molecule has 5 nitrogen and oxygen atoms in total. The van der Waals surface area contributed by atoms with Crippen LogP contribution in [-0.4, -0.2) is 8.42 Å². The predicted octanol–water partition coefficient (Wildman–Crippen LogP) is 5.14. The van der Waals surface area contributed by atoms with Gasteiger partial charge in [0.2, 0.25) is 10.0 Å². The highest BCUT2D eigenvalue weighted by Crippen LogP contribution is 2.30. The van der Waals surface area contributed by atoms with E-state index < -0.39 is 10.0 Å². The fourth-order valence-electron chi connectivity index (χ4n) is 2.38. The van der Waals surface area contributed by atoms with Crippen molar-refractivity contribution in [3.63, 3.8) is 0 Å². The second kappa shape index (κ2) is 8.63. The maximum Gasteiger partial charge on any atom is 0.240 e. The average Bonchev–Trinajstić information content (AvgIpc) is 2.68. The Bertz CT molecular complexity index is 1120. The lowest BCUT2D eigenvalue weighted by molar-refractivity contribution is 0.480. The first kappa shape index (κ1) is 20.2. The monoisotopic (exact) mass is 432 g/mol. The molecule has 3 aromatic rings. The topological polar surface area (TPSA) is 79.2 Å². The molecule has 28 heavy (non-hydrogen) atoms. The first-order chi connectivity index (χ1) is 13.4. The third kappa shape index (κ3) is 4.83. The molecule has 0 saturated heterocycles. The van der Waals surface area contributed by atoms with Gasteiger partial charge < -0.3 is 4.74 Å². The number of nitrogens with one attached hydrogen (secondary N) is 1. The summed E-state index contributed by atoms with van der Waals surface area (Å²) in [6, 6.07) is 19.6. The van der Waals surface area contributed by atoms with E-state index in [1.807, 2.05) is 6.07 Å². The minimum absolute atomic E-state index is 0.0976. The number of sulfonamides is 1. The van der Waals surface area contributed by atoms with E-state index in [2.05, 4.69) is 4.72 Å². The summed E-state index contributed by atoms with van der Waals surface area (Å²) < 4.78 is 33.1. The highest BCUT2D eigenvalue weighted by Gasteiger charge is 2.14. The fourth-order valence-corrected chi connectivity index (χ4v) is 3.73. The minimum Gasteiger partial charge on any atom is -0.456 e. The lowest BCUT2D eigenvalue weighted by Gasteiger charge is -2.10. The van der Waals surface area contributed by atoms with E-state index in [-0.39, 0.29) is 22.0 Å². The Morgan fingerprint density at radius 2 is 1.64 bits per heavy atom. The van der Waals surface area contributed by atoms with Crippen LogP contribution in [0.5, 0.6) is 11.5 Å². The van der Waals surface area contributed by atoms with Crippen LogP contribution in [0.1, 0.15) is 11.1 Å². The normalized spacial score (nSPS) is 11.0. The maximum atomic E-state index is 12.4. The van der Waals surface area contributed by atoms with Crippen LogP contribution in [0.2, 0.25) is 10.0 Å². The van der Waals surface area contributed by atoms with Gasteiger partial charge in [-0.05, 0) is 54.1 Å². The van der Waals surface area contributed by atoms with E-state index in [0.717, 1.165) is 5.56 Å². The molecule has 0 aliphatic heterocycles. The van der Waals surface area contributed by atoms with Gasteiger partial charge in [0, 0.05) is 11.6 Å². The van der Waals surface area contributed by atoms with Gasteiger partial charge >= 0.3 is 0 Å². The molecule has 0 heterocycles. The summed E-state index contributed by atoms with van der Waals surface area (Å²) in [6.07, 6.45) is 0. The van der Waals surface area contributed by atoms with Crippen molar-refractivity contribution in [3.8, 4) is 17.6 Å². The zero-order valence-electron chi connectivity index (χ0n) is 14.4.